The first-order valence-electron chi connectivity index (χ1n) is 1.97. The molecule has 0 spiro atoms. The minimum Gasteiger partial charge on any atom is -0.396 e. The zero-order valence-corrected chi connectivity index (χ0v) is 6.72. The van der Waals surface area contributed by atoms with Crippen molar-refractivity contribution in [1.29, 1.82) is 0 Å². The van der Waals surface area contributed by atoms with Crippen LogP contribution in [0.4, 0.5) is 0 Å². The van der Waals surface area contributed by atoms with Gasteiger partial charge in [0, 0.05) is 6.61 Å². The summed E-state index contributed by atoms with van der Waals surface area (Å²) in [5.41, 5.74) is 5.13. The summed E-state index contributed by atoms with van der Waals surface area (Å²) in [4.78, 5) is 0. The topological polar surface area (TPSA) is 46.2 Å². The number of rotatable bonds is 2. The van der Waals surface area contributed by atoms with Crippen molar-refractivity contribution < 1.29 is 34.7 Å². The van der Waals surface area contributed by atoms with Crippen molar-refractivity contribution in [3.05, 3.63) is 6.92 Å². The summed E-state index contributed by atoms with van der Waals surface area (Å²) in [6.45, 7) is 3.59. The van der Waals surface area contributed by atoms with Gasteiger partial charge in [0.1, 0.15) is 0 Å². The van der Waals surface area contributed by atoms with Gasteiger partial charge in [-0.05, 0) is 6.42 Å². The minimum absolute atomic E-state index is 0. The SMILES string of the molecule is [CH2-]C(N)CCO.[Na+]. The summed E-state index contributed by atoms with van der Waals surface area (Å²) in [5, 5.41) is 8.12. The Kier molecular flexibility index (Phi) is 10.7. The Hall–Kier alpha value is 0.920. The van der Waals surface area contributed by atoms with Crippen LogP contribution in [0.15, 0.2) is 0 Å². The average molecular weight is 111 g/mol. The summed E-state index contributed by atoms with van der Waals surface area (Å²) in [6.07, 6.45) is 0.597. The smallest absolute Gasteiger partial charge is 0.396 e. The Labute approximate surface area is 66.4 Å². The maximum absolute atomic E-state index is 8.12. The third-order valence-corrected chi connectivity index (χ3v) is 0.500. The van der Waals surface area contributed by atoms with Gasteiger partial charge in [-0.2, -0.15) is 0 Å². The fourth-order valence-corrected chi connectivity index (χ4v) is 0.166. The van der Waals surface area contributed by atoms with Gasteiger partial charge in [0.2, 0.25) is 0 Å². The molecule has 0 fully saturated rings. The maximum Gasteiger partial charge on any atom is 1.00 e. The van der Waals surface area contributed by atoms with Crippen molar-refractivity contribution in [2.45, 2.75) is 12.5 Å². The van der Waals surface area contributed by atoms with Crippen LogP contribution < -0.4 is 35.3 Å². The fourth-order valence-electron chi connectivity index (χ4n) is 0.166. The van der Waals surface area contributed by atoms with E-state index in [1.165, 1.54) is 0 Å². The zero-order valence-electron chi connectivity index (χ0n) is 4.72. The van der Waals surface area contributed by atoms with E-state index in [4.69, 9.17) is 10.8 Å². The van der Waals surface area contributed by atoms with Crippen molar-refractivity contribution in [1.82, 2.24) is 0 Å². The van der Waals surface area contributed by atoms with Crippen LogP contribution >= 0.6 is 0 Å². The summed E-state index contributed by atoms with van der Waals surface area (Å²) >= 11 is 0. The molecule has 1 unspecified atom stereocenters. The predicted molar refractivity (Wildman–Crippen MR) is 25.0 cm³/mol. The Morgan fingerprint density at radius 1 is 1.71 bits per heavy atom. The molecule has 0 aromatic heterocycles. The third-order valence-electron chi connectivity index (χ3n) is 0.500. The maximum atomic E-state index is 8.12. The number of hydrogen-bond donors (Lipinski definition) is 2. The van der Waals surface area contributed by atoms with Crippen molar-refractivity contribution in [2.24, 2.45) is 5.73 Å². The number of aliphatic hydroxyl groups is 1. The van der Waals surface area contributed by atoms with Crippen LogP contribution in [0.3, 0.4) is 0 Å². The Balaban J connectivity index is 0. The number of hydrogen-bond acceptors (Lipinski definition) is 2. The van der Waals surface area contributed by atoms with Gasteiger partial charge < -0.3 is 17.8 Å². The van der Waals surface area contributed by atoms with E-state index in [-0.39, 0.29) is 42.2 Å². The van der Waals surface area contributed by atoms with Gasteiger partial charge in [0.15, 0.2) is 0 Å². The molecular formula is C4H10NNaO. The van der Waals surface area contributed by atoms with E-state index in [9.17, 15) is 0 Å². The van der Waals surface area contributed by atoms with Crippen LogP contribution in [0.1, 0.15) is 6.42 Å². The molecule has 38 valence electrons. The van der Waals surface area contributed by atoms with Gasteiger partial charge in [-0.25, -0.2) is 0 Å². The normalized spacial score (nSPS) is 12.4. The molecule has 1 atom stereocenters. The molecule has 7 heavy (non-hydrogen) atoms. The second-order valence-electron chi connectivity index (χ2n) is 1.27. The second kappa shape index (κ2) is 6.92. The molecule has 0 saturated carbocycles. The van der Waals surface area contributed by atoms with Crippen LogP contribution in [0.2, 0.25) is 0 Å². The average Bonchev–Trinajstić information content (AvgIpc) is 1.35. The minimum atomic E-state index is -0.102. The van der Waals surface area contributed by atoms with E-state index < -0.39 is 0 Å². The van der Waals surface area contributed by atoms with E-state index >= 15 is 0 Å². The Morgan fingerprint density at radius 3 is 2.14 bits per heavy atom. The molecule has 0 amide bonds. The van der Waals surface area contributed by atoms with E-state index in [2.05, 4.69) is 6.92 Å². The molecule has 0 aliphatic heterocycles. The molecule has 2 nitrogen and oxygen atoms in total. The van der Waals surface area contributed by atoms with Crippen LogP contribution in [0.5, 0.6) is 0 Å². The number of aliphatic hydroxyl groups excluding tert-OH is 1. The van der Waals surface area contributed by atoms with Gasteiger partial charge in [0.25, 0.3) is 0 Å². The molecule has 3 N–H and O–H groups in total. The van der Waals surface area contributed by atoms with Crippen molar-refractivity contribution in [2.75, 3.05) is 6.61 Å². The molecule has 0 radical (unpaired) electrons. The molecule has 0 saturated heterocycles. The van der Waals surface area contributed by atoms with E-state index in [0.29, 0.717) is 6.42 Å². The number of nitrogens with two attached hydrogens (primary N) is 1. The first-order chi connectivity index (χ1) is 2.77. The molecule has 0 aliphatic rings. The molecule has 0 bridgehead atoms. The Morgan fingerprint density at radius 2 is 2.14 bits per heavy atom. The van der Waals surface area contributed by atoms with Gasteiger partial charge in [-0.15, -0.1) is 6.04 Å². The molecule has 0 rings (SSSR count). The van der Waals surface area contributed by atoms with Crippen molar-refractivity contribution in [3.8, 4) is 0 Å². The Bertz CT molecular complexity index is 32.9. The van der Waals surface area contributed by atoms with Crippen LogP contribution in [-0.4, -0.2) is 17.8 Å². The summed E-state index contributed by atoms with van der Waals surface area (Å²) < 4.78 is 0. The summed E-state index contributed by atoms with van der Waals surface area (Å²) in [5.74, 6) is 0. The van der Waals surface area contributed by atoms with Gasteiger partial charge >= 0.3 is 29.6 Å². The monoisotopic (exact) mass is 111 g/mol. The van der Waals surface area contributed by atoms with Gasteiger partial charge in [-0.3, -0.25) is 0 Å². The predicted octanol–water partition coefficient (Wildman–Crippen LogP) is -3.47. The summed E-state index contributed by atoms with van der Waals surface area (Å²) in [7, 11) is 0. The van der Waals surface area contributed by atoms with E-state index in [1.807, 2.05) is 0 Å². The standard InChI is InChI=1S/C4H10NO.Na/c1-4(5)2-3-6;/h4,6H,1-3,5H2;/q-1;+1. The van der Waals surface area contributed by atoms with Crippen LogP contribution in [-0.2, 0) is 0 Å². The molecule has 3 heteroatoms. The first kappa shape index (κ1) is 10.8. The van der Waals surface area contributed by atoms with Crippen LogP contribution in [0.25, 0.3) is 0 Å². The zero-order chi connectivity index (χ0) is 4.99. The third kappa shape index (κ3) is 10.9. The summed E-state index contributed by atoms with van der Waals surface area (Å²) in [6, 6.07) is -0.102. The fraction of sp³-hybridized carbons (Fsp3) is 0.750. The molecule has 0 aromatic carbocycles. The van der Waals surface area contributed by atoms with E-state index in [1.54, 1.807) is 0 Å². The quantitative estimate of drug-likeness (QED) is 0.287. The largest absolute Gasteiger partial charge is 1.00 e. The molecule has 0 heterocycles. The van der Waals surface area contributed by atoms with Crippen LogP contribution in [0, 0.1) is 6.92 Å². The van der Waals surface area contributed by atoms with Crippen molar-refractivity contribution >= 4 is 0 Å². The van der Waals surface area contributed by atoms with Gasteiger partial charge in [-0.1, -0.05) is 0 Å². The molecular weight excluding hydrogens is 101 g/mol. The first-order valence-corrected chi connectivity index (χ1v) is 1.97. The second-order valence-corrected chi connectivity index (χ2v) is 1.27. The molecule has 0 aliphatic carbocycles. The van der Waals surface area contributed by atoms with E-state index in [0.717, 1.165) is 0 Å². The van der Waals surface area contributed by atoms with Crippen molar-refractivity contribution in [3.63, 3.8) is 0 Å². The van der Waals surface area contributed by atoms with Gasteiger partial charge in [0.05, 0.1) is 0 Å². The molecule has 0 aromatic rings.